The van der Waals surface area contributed by atoms with Gasteiger partial charge in [-0.3, -0.25) is 9.25 Å². The summed E-state index contributed by atoms with van der Waals surface area (Å²) in [4.78, 5) is 33.0. The third-order valence-electron chi connectivity index (χ3n) is 3.72. The third kappa shape index (κ3) is 4.01. The summed E-state index contributed by atoms with van der Waals surface area (Å²) in [6.45, 7) is 1.29. The Hall–Kier alpha value is -2.89. The van der Waals surface area contributed by atoms with E-state index < -0.39 is 28.8 Å². The quantitative estimate of drug-likeness (QED) is 0.446. The van der Waals surface area contributed by atoms with Gasteiger partial charge in [0.15, 0.2) is 28.4 Å². The van der Waals surface area contributed by atoms with Gasteiger partial charge in [-0.1, -0.05) is 18.7 Å². The van der Waals surface area contributed by atoms with E-state index >= 15 is 0 Å². The van der Waals surface area contributed by atoms with Crippen molar-refractivity contribution in [3.63, 3.8) is 0 Å². The van der Waals surface area contributed by atoms with Gasteiger partial charge in [-0.2, -0.15) is 10.1 Å². The molecule has 2 heterocycles. The lowest BCUT2D eigenvalue weighted by molar-refractivity contribution is 0.442. The number of hydrogen-bond acceptors (Lipinski definition) is 6. The van der Waals surface area contributed by atoms with E-state index in [4.69, 9.17) is 0 Å². The van der Waals surface area contributed by atoms with E-state index in [1.54, 1.807) is 14.0 Å². The molecule has 0 radical (unpaired) electrons. The van der Waals surface area contributed by atoms with Crippen LogP contribution < -0.4 is 11.4 Å². The van der Waals surface area contributed by atoms with Crippen LogP contribution in [0, 0.1) is 17.5 Å². The molecule has 3 aromatic rings. The van der Waals surface area contributed by atoms with E-state index in [2.05, 4.69) is 15.1 Å². The lowest BCUT2D eigenvalue weighted by Gasteiger charge is -2.13. The smallest absolute Gasteiger partial charge is 0.268 e. The van der Waals surface area contributed by atoms with Crippen molar-refractivity contribution in [2.75, 3.05) is 5.75 Å². The molecule has 3 rings (SSSR count). The van der Waals surface area contributed by atoms with Crippen LogP contribution in [0.1, 0.15) is 18.3 Å². The van der Waals surface area contributed by atoms with Crippen LogP contribution in [0.25, 0.3) is 0 Å². The van der Waals surface area contributed by atoms with Crippen molar-refractivity contribution in [2.45, 2.75) is 25.2 Å². The molecule has 0 amide bonds. The Bertz CT molecular complexity index is 1120. The summed E-state index contributed by atoms with van der Waals surface area (Å²) >= 11 is 1.12. The molecule has 0 saturated heterocycles. The molecule has 2 aromatic heterocycles. The normalized spacial score (nSPS) is 11.2. The molecular formula is C16H15F3N6O2S. The molecule has 0 spiro atoms. The highest BCUT2D eigenvalue weighted by Crippen LogP contribution is 2.17. The minimum Gasteiger partial charge on any atom is -0.268 e. The average Bonchev–Trinajstić information content (AvgIpc) is 3.05. The summed E-state index contributed by atoms with van der Waals surface area (Å²) in [5.74, 6) is -3.60. The Kier molecular flexibility index (Phi) is 5.68. The highest BCUT2D eigenvalue weighted by molar-refractivity contribution is 7.99. The monoisotopic (exact) mass is 412 g/mol. The Morgan fingerprint density at radius 2 is 1.75 bits per heavy atom. The molecule has 28 heavy (non-hydrogen) atoms. The second-order valence-electron chi connectivity index (χ2n) is 5.77. The highest BCUT2D eigenvalue weighted by atomic mass is 32.2. The van der Waals surface area contributed by atoms with Crippen LogP contribution in [0.4, 0.5) is 13.2 Å². The number of aromatic nitrogens is 6. The third-order valence-corrected chi connectivity index (χ3v) is 4.58. The Balaban J connectivity index is 2.08. The van der Waals surface area contributed by atoms with Crippen LogP contribution in [0.15, 0.2) is 33.2 Å². The molecule has 12 heteroatoms. The largest absolute Gasteiger partial charge is 0.354 e. The number of rotatable bonds is 6. The van der Waals surface area contributed by atoms with E-state index in [0.29, 0.717) is 5.75 Å². The lowest BCUT2D eigenvalue weighted by atomic mass is 10.2. The van der Waals surface area contributed by atoms with Gasteiger partial charge in [0.1, 0.15) is 6.33 Å². The van der Waals surface area contributed by atoms with Gasteiger partial charge in [0.25, 0.3) is 0 Å². The fourth-order valence-electron chi connectivity index (χ4n) is 2.50. The summed E-state index contributed by atoms with van der Waals surface area (Å²) in [5.41, 5.74) is -1.52. The maximum Gasteiger partial charge on any atom is 0.354 e. The van der Waals surface area contributed by atoms with Gasteiger partial charge in [-0.15, -0.1) is 0 Å². The average molecular weight is 412 g/mol. The van der Waals surface area contributed by atoms with Crippen molar-refractivity contribution in [1.82, 2.24) is 28.9 Å². The van der Waals surface area contributed by atoms with Crippen molar-refractivity contribution in [2.24, 2.45) is 7.05 Å². The molecule has 0 aliphatic heterocycles. The minimum atomic E-state index is -1.59. The zero-order valence-electron chi connectivity index (χ0n) is 14.9. The van der Waals surface area contributed by atoms with Gasteiger partial charge in [0.05, 0.1) is 13.1 Å². The SMILES string of the molecule is CCSc1nc(=O)n(Cc2ncn(C)n2)c(=O)n1Cc1cc(F)c(F)c(F)c1. The molecular weight excluding hydrogens is 397 g/mol. The van der Waals surface area contributed by atoms with Crippen molar-refractivity contribution >= 4 is 11.8 Å². The molecule has 0 saturated carbocycles. The standard InChI is InChI=1S/C16H15F3N6O2S/c1-3-28-15-21-14(26)24(7-12-20-8-23(2)22-12)16(27)25(15)6-9-4-10(17)13(19)11(18)5-9/h4-5,8H,3,6-7H2,1-2H3. The zero-order chi connectivity index (χ0) is 20.4. The van der Waals surface area contributed by atoms with Gasteiger partial charge in [0, 0.05) is 7.05 Å². The van der Waals surface area contributed by atoms with E-state index in [0.717, 1.165) is 33.0 Å². The van der Waals surface area contributed by atoms with E-state index in [9.17, 15) is 22.8 Å². The van der Waals surface area contributed by atoms with Gasteiger partial charge in [0.2, 0.25) is 0 Å². The van der Waals surface area contributed by atoms with Crippen molar-refractivity contribution in [3.05, 3.63) is 68.3 Å². The second kappa shape index (κ2) is 8.00. The summed E-state index contributed by atoms with van der Waals surface area (Å²) in [6, 6.07) is 1.59. The number of thioether (sulfide) groups is 1. The van der Waals surface area contributed by atoms with Crippen LogP contribution in [0.2, 0.25) is 0 Å². The number of benzene rings is 1. The minimum absolute atomic E-state index is 0.0133. The molecule has 0 N–H and O–H groups in total. The topological polar surface area (TPSA) is 87.6 Å². The maximum atomic E-state index is 13.5. The van der Waals surface area contributed by atoms with E-state index in [-0.39, 0.29) is 29.6 Å². The predicted molar refractivity (Wildman–Crippen MR) is 94.7 cm³/mol. The fraction of sp³-hybridized carbons (Fsp3) is 0.312. The number of nitrogens with zero attached hydrogens (tertiary/aromatic N) is 6. The number of hydrogen-bond donors (Lipinski definition) is 0. The molecule has 0 bridgehead atoms. The van der Waals surface area contributed by atoms with Crippen LogP contribution >= 0.6 is 11.8 Å². The first kappa shape index (κ1) is 19.9. The Labute approximate surface area is 160 Å². The maximum absolute atomic E-state index is 13.5. The highest BCUT2D eigenvalue weighted by Gasteiger charge is 2.17. The van der Waals surface area contributed by atoms with Gasteiger partial charge in [-0.25, -0.2) is 32.3 Å². The predicted octanol–water partition coefficient (Wildman–Crippen LogP) is 1.16. The summed E-state index contributed by atoms with van der Waals surface area (Å²) < 4.78 is 43.6. The van der Waals surface area contributed by atoms with Crippen LogP contribution in [-0.2, 0) is 20.1 Å². The van der Waals surface area contributed by atoms with Crippen LogP contribution in [0.3, 0.4) is 0 Å². The van der Waals surface area contributed by atoms with E-state index in [1.165, 1.54) is 11.0 Å². The van der Waals surface area contributed by atoms with Gasteiger partial charge >= 0.3 is 11.4 Å². The van der Waals surface area contributed by atoms with Crippen molar-refractivity contribution < 1.29 is 13.2 Å². The number of aryl methyl sites for hydroxylation is 1. The fourth-order valence-corrected chi connectivity index (χ4v) is 3.20. The van der Waals surface area contributed by atoms with Gasteiger partial charge < -0.3 is 0 Å². The van der Waals surface area contributed by atoms with Crippen molar-refractivity contribution in [3.8, 4) is 0 Å². The second-order valence-corrected chi connectivity index (χ2v) is 7.00. The number of halogens is 3. The van der Waals surface area contributed by atoms with Crippen LogP contribution in [-0.4, -0.2) is 34.6 Å². The molecule has 0 unspecified atom stereocenters. The Morgan fingerprint density at radius 3 is 2.32 bits per heavy atom. The molecule has 148 valence electrons. The summed E-state index contributed by atoms with van der Waals surface area (Å²) in [7, 11) is 1.63. The Morgan fingerprint density at radius 1 is 1.07 bits per heavy atom. The molecule has 0 fully saturated rings. The molecule has 8 nitrogen and oxygen atoms in total. The van der Waals surface area contributed by atoms with Gasteiger partial charge in [-0.05, 0) is 23.4 Å². The molecule has 0 aliphatic carbocycles. The van der Waals surface area contributed by atoms with Crippen LogP contribution in [0.5, 0.6) is 0 Å². The lowest BCUT2D eigenvalue weighted by Crippen LogP contribution is -2.43. The first-order valence-corrected chi connectivity index (χ1v) is 9.11. The molecule has 1 aromatic carbocycles. The first-order chi connectivity index (χ1) is 13.3. The molecule has 0 atom stereocenters. The summed E-state index contributed by atoms with van der Waals surface area (Å²) in [6.07, 6.45) is 1.41. The summed E-state index contributed by atoms with van der Waals surface area (Å²) in [5, 5.41) is 4.11. The zero-order valence-corrected chi connectivity index (χ0v) is 15.7. The van der Waals surface area contributed by atoms with Crippen molar-refractivity contribution in [1.29, 1.82) is 0 Å². The molecule has 0 aliphatic rings. The first-order valence-electron chi connectivity index (χ1n) is 8.12. The van der Waals surface area contributed by atoms with E-state index in [1.807, 2.05) is 0 Å².